The van der Waals surface area contributed by atoms with E-state index < -0.39 is 11.2 Å². The Bertz CT molecular complexity index is 1240. The fourth-order valence-electron chi connectivity index (χ4n) is 5.70. The predicted molar refractivity (Wildman–Crippen MR) is 125 cm³/mol. The zero-order valence-corrected chi connectivity index (χ0v) is 18.4. The van der Waals surface area contributed by atoms with Crippen molar-refractivity contribution in [1.29, 1.82) is 0 Å². The molecule has 6 heteroatoms. The monoisotopic (exact) mass is 444 g/mol. The van der Waals surface area contributed by atoms with Gasteiger partial charge < -0.3 is 5.11 Å². The number of benzene rings is 2. The van der Waals surface area contributed by atoms with Crippen molar-refractivity contribution in [2.45, 2.75) is 48.4 Å². The van der Waals surface area contributed by atoms with Crippen LogP contribution in [-0.4, -0.2) is 21.6 Å². The molecule has 3 aliphatic rings. The number of hydrogen-bond acceptors (Lipinski definition) is 5. The molecule has 32 heavy (non-hydrogen) atoms. The van der Waals surface area contributed by atoms with Gasteiger partial charge in [-0.15, -0.1) is 11.8 Å². The second kappa shape index (κ2) is 7.55. The molecule has 0 radical (unpaired) electrons. The van der Waals surface area contributed by atoms with Crippen molar-refractivity contribution >= 4 is 17.5 Å². The first-order chi connectivity index (χ1) is 15.6. The molecule has 3 heterocycles. The van der Waals surface area contributed by atoms with E-state index in [0.717, 1.165) is 31.4 Å². The number of aromatic nitrogens is 1. The number of carbonyl (C=O) groups excluding carboxylic acids is 1. The minimum absolute atomic E-state index is 0.0138. The molecule has 0 amide bonds. The Morgan fingerprint density at radius 1 is 0.906 bits per heavy atom. The van der Waals surface area contributed by atoms with Crippen LogP contribution in [0.5, 0.6) is 5.75 Å². The van der Waals surface area contributed by atoms with Crippen LogP contribution in [-0.2, 0) is 5.75 Å². The molecule has 6 rings (SSSR count). The van der Waals surface area contributed by atoms with E-state index in [1.165, 1.54) is 27.7 Å². The lowest BCUT2D eigenvalue weighted by atomic mass is 9.77. The lowest BCUT2D eigenvalue weighted by molar-refractivity contribution is 0.0789. The van der Waals surface area contributed by atoms with Gasteiger partial charge in [0.15, 0.2) is 17.2 Å². The van der Waals surface area contributed by atoms with Gasteiger partial charge >= 0.3 is 0 Å². The van der Waals surface area contributed by atoms with E-state index in [9.17, 15) is 14.7 Å². The third-order valence-corrected chi connectivity index (χ3v) is 8.29. The van der Waals surface area contributed by atoms with Crippen LogP contribution in [0, 0.1) is 5.92 Å². The standard InChI is InChI=1S/C26H24N2O3S/c29-21-13-14-27-24(26(21)31)25(30)18-9-3-5-11-20(18)28(27)23-17-8-2-1-7-16(17)15-32-22-12-6-4-10-19(22)23/h1-2,4,6-8,10,12-14,18,20,23,31H,3,5,9,11,15H2. The lowest BCUT2D eigenvalue weighted by Crippen LogP contribution is -2.58. The first-order valence-corrected chi connectivity index (χ1v) is 12.2. The van der Waals surface area contributed by atoms with E-state index in [1.54, 1.807) is 10.9 Å². The Kier molecular flexibility index (Phi) is 4.65. The Morgan fingerprint density at radius 2 is 1.66 bits per heavy atom. The van der Waals surface area contributed by atoms with Gasteiger partial charge in [-0.05, 0) is 35.6 Å². The summed E-state index contributed by atoms with van der Waals surface area (Å²) in [6.07, 6.45) is 5.43. The number of pyridine rings is 1. The Morgan fingerprint density at radius 3 is 2.53 bits per heavy atom. The summed E-state index contributed by atoms with van der Waals surface area (Å²) in [5, 5.41) is 13.0. The largest absolute Gasteiger partial charge is 0.503 e. The highest BCUT2D eigenvalue weighted by atomic mass is 32.2. The van der Waals surface area contributed by atoms with E-state index in [1.807, 2.05) is 11.8 Å². The van der Waals surface area contributed by atoms with Crippen molar-refractivity contribution in [3.63, 3.8) is 0 Å². The van der Waals surface area contributed by atoms with Crippen molar-refractivity contribution in [2.24, 2.45) is 5.92 Å². The van der Waals surface area contributed by atoms with E-state index in [0.29, 0.717) is 0 Å². The molecule has 5 nitrogen and oxygen atoms in total. The number of nitrogens with zero attached hydrogens (tertiary/aromatic N) is 2. The number of Topliss-reactive ketones (excluding diaryl/α,β-unsaturated/α-hetero) is 1. The van der Waals surface area contributed by atoms with Gasteiger partial charge in [-0.2, -0.15) is 0 Å². The minimum Gasteiger partial charge on any atom is -0.503 e. The lowest BCUT2D eigenvalue weighted by Gasteiger charge is -2.50. The number of fused-ring (bicyclic) bond motifs is 4. The average Bonchev–Trinajstić information content (AvgIpc) is 2.99. The second-order valence-electron chi connectivity index (χ2n) is 8.85. The number of rotatable bonds is 1. The van der Waals surface area contributed by atoms with E-state index in [-0.39, 0.29) is 29.5 Å². The number of aromatic hydroxyl groups is 1. The zero-order valence-electron chi connectivity index (χ0n) is 17.6. The molecule has 3 atom stereocenters. The number of carbonyl (C=O) groups is 1. The molecule has 2 aromatic carbocycles. The van der Waals surface area contributed by atoms with Gasteiger partial charge in [0.05, 0.1) is 12.1 Å². The fraction of sp³-hybridized carbons (Fsp3) is 0.308. The molecule has 162 valence electrons. The summed E-state index contributed by atoms with van der Waals surface area (Å²) in [6.45, 7) is 0. The summed E-state index contributed by atoms with van der Waals surface area (Å²) < 4.78 is 1.78. The SMILES string of the molecule is O=C1c2c(O)c(=O)ccn2N(C2c3ccccc3CSc3ccccc32)C2CCCCC12. The maximum atomic E-state index is 13.5. The second-order valence-corrected chi connectivity index (χ2v) is 9.87. The number of ketones is 1. The maximum absolute atomic E-state index is 13.5. The summed E-state index contributed by atoms with van der Waals surface area (Å²) in [5.74, 6) is 0.126. The van der Waals surface area contributed by atoms with Crippen LogP contribution in [0.25, 0.3) is 0 Å². The molecule has 2 aliphatic heterocycles. The average molecular weight is 445 g/mol. The van der Waals surface area contributed by atoms with Gasteiger partial charge in [0.2, 0.25) is 5.43 Å². The molecular weight excluding hydrogens is 420 g/mol. The molecule has 1 aromatic heterocycles. The van der Waals surface area contributed by atoms with Crippen molar-refractivity contribution in [2.75, 3.05) is 5.01 Å². The normalized spacial score (nSPS) is 24.1. The fourth-order valence-corrected chi connectivity index (χ4v) is 6.80. The number of hydrogen-bond donors (Lipinski definition) is 1. The molecule has 1 N–H and O–H groups in total. The summed E-state index contributed by atoms with van der Waals surface area (Å²) >= 11 is 1.83. The quantitative estimate of drug-likeness (QED) is 0.592. The zero-order chi connectivity index (χ0) is 21.8. The molecule has 1 fully saturated rings. The smallest absolute Gasteiger partial charge is 0.224 e. The topological polar surface area (TPSA) is 62.5 Å². The molecule has 0 spiro atoms. The minimum atomic E-state index is -0.504. The highest BCUT2D eigenvalue weighted by molar-refractivity contribution is 7.98. The Labute approximate surface area is 190 Å². The van der Waals surface area contributed by atoms with Crippen LogP contribution >= 0.6 is 11.8 Å². The van der Waals surface area contributed by atoms with Crippen molar-refractivity contribution in [3.05, 3.63) is 93.4 Å². The highest BCUT2D eigenvalue weighted by Gasteiger charge is 2.46. The Hall–Kier alpha value is -2.99. The van der Waals surface area contributed by atoms with Crippen molar-refractivity contribution < 1.29 is 9.90 Å². The van der Waals surface area contributed by atoms with Crippen LogP contribution in [0.3, 0.4) is 0 Å². The summed E-state index contributed by atoms with van der Waals surface area (Å²) in [6, 6.07) is 18.2. The third-order valence-electron chi connectivity index (χ3n) is 7.15. The Balaban J connectivity index is 1.66. The van der Waals surface area contributed by atoms with Crippen LogP contribution in [0.4, 0.5) is 0 Å². The first-order valence-electron chi connectivity index (χ1n) is 11.2. The first kappa shape index (κ1) is 19.7. The van der Waals surface area contributed by atoms with Gasteiger partial charge in [-0.1, -0.05) is 55.3 Å². The van der Waals surface area contributed by atoms with Gasteiger partial charge in [0.1, 0.15) is 0 Å². The third kappa shape index (κ3) is 2.85. The van der Waals surface area contributed by atoms with Gasteiger partial charge in [-0.25, -0.2) is 0 Å². The molecule has 0 saturated heterocycles. The van der Waals surface area contributed by atoms with Crippen molar-refractivity contribution in [3.8, 4) is 5.75 Å². The van der Waals surface area contributed by atoms with Gasteiger partial charge in [-0.3, -0.25) is 19.3 Å². The van der Waals surface area contributed by atoms with Crippen LogP contribution in [0.2, 0.25) is 0 Å². The van der Waals surface area contributed by atoms with Crippen LogP contribution in [0.1, 0.15) is 58.9 Å². The van der Waals surface area contributed by atoms with Crippen LogP contribution < -0.4 is 10.4 Å². The molecule has 1 saturated carbocycles. The number of thioether (sulfide) groups is 1. The van der Waals surface area contributed by atoms with Gasteiger partial charge in [0.25, 0.3) is 0 Å². The van der Waals surface area contributed by atoms with Gasteiger partial charge in [0, 0.05) is 28.8 Å². The molecule has 3 aromatic rings. The molecule has 1 aliphatic carbocycles. The summed E-state index contributed by atoms with van der Waals surface area (Å²) in [7, 11) is 0. The van der Waals surface area contributed by atoms with E-state index >= 15 is 0 Å². The maximum Gasteiger partial charge on any atom is 0.224 e. The summed E-state index contributed by atoms with van der Waals surface area (Å²) in [4.78, 5) is 27.0. The molecule has 3 unspecified atom stereocenters. The molecular formula is C26H24N2O3S. The summed E-state index contributed by atoms with van der Waals surface area (Å²) in [5.41, 5.74) is 3.32. The molecule has 0 bridgehead atoms. The van der Waals surface area contributed by atoms with E-state index in [2.05, 4.69) is 53.5 Å². The predicted octanol–water partition coefficient (Wildman–Crippen LogP) is 4.64. The highest BCUT2D eigenvalue weighted by Crippen LogP contribution is 2.46. The van der Waals surface area contributed by atoms with Crippen molar-refractivity contribution in [1.82, 2.24) is 4.68 Å². The van der Waals surface area contributed by atoms with E-state index in [4.69, 9.17) is 0 Å². The van der Waals surface area contributed by atoms with Crippen LogP contribution in [0.15, 0.2) is 70.5 Å².